The number of aryl methyl sites for hydroxylation is 1. The quantitative estimate of drug-likeness (QED) is 0.597. The van der Waals surface area contributed by atoms with Gasteiger partial charge in [0.15, 0.2) is 0 Å². The summed E-state index contributed by atoms with van der Waals surface area (Å²) >= 11 is 0. The smallest absolute Gasteiger partial charge is 0.309 e. The van der Waals surface area contributed by atoms with Crippen molar-refractivity contribution in [2.24, 2.45) is 0 Å². The standard InChI is InChI=1S/C23H27F2N3O4S/c1-16-14-18(24)9-10-21(16)33(31,32)28-13-5-4-7-19(28)11-12-26-22(29)23(30)27-15-17-6-2-3-8-20(17)25/h2-3,6,8-10,14,19H,4-5,7,11-13,15H2,1H3,(H,26,29)(H,27,30)/t19-/m0/s1. The lowest BCUT2D eigenvalue weighted by Gasteiger charge is -2.35. The highest BCUT2D eigenvalue weighted by atomic mass is 32.2. The first kappa shape index (κ1) is 24.8. The molecule has 2 N–H and O–H groups in total. The van der Waals surface area contributed by atoms with Gasteiger partial charge in [-0.1, -0.05) is 24.6 Å². The summed E-state index contributed by atoms with van der Waals surface area (Å²) in [6, 6.07) is 9.16. The van der Waals surface area contributed by atoms with E-state index < -0.39 is 33.5 Å². The van der Waals surface area contributed by atoms with Gasteiger partial charge in [-0.3, -0.25) is 9.59 Å². The minimum Gasteiger partial charge on any atom is -0.348 e. The van der Waals surface area contributed by atoms with Crippen LogP contribution in [-0.2, 0) is 26.2 Å². The van der Waals surface area contributed by atoms with Crippen molar-refractivity contribution < 1.29 is 26.8 Å². The molecule has 7 nitrogen and oxygen atoms in total. The fourth-order valence-electron chi connectivity index (χ4n) is 3.94. The van der Waals surface area contributed by atoms with Crippen LogP contribution in [-0.4, -0.2) is 43.7 Å². The zero-order chi connectivity index (χ0) is 24.0. The van der Waals surface area contributed by atoms with Crippen molar-refractivity contribution in [3.63, 3.8) is 0 Å². The molecule has 2 amide bonds. The molecule has 1 fully saturated rings. The highest BCUT2D eigenvalue weighted by Crippen LogP contribution is 2.28. The van der Waals surface area contributed by atoms with E-state index >= 15 is 0 Å². The lowest BCUT2D eigenvalue weighted by Crippen LogP contribution is -2.46. The van der Waals surface area contributed by atoms with E-state index in [1.54, 1.807) is 13.0 Å². The van der Waals surface area contributed by atoms with E-state index in [0.29, 0.717) is 31.4 Å². The van der Waals surface area contributed by atoms with E-state index in [0.717, 1.165) is 12.5 Å². The summed E-state index contributed by atoms with van der Waals surface area (Å²) in [4.78, 5) is 24.1. The van der Waals surface area contributed by atoms with Crippen LogP contribution in [0.25, 0.3) is 0 Å². The van der Waals surface area contributed by atoms with Crippen molar-refractivity contribution in [1.82, 2.24) is 14.9 Å². The third-order valence-corrected chi connectivity index (χ3v) is 7.78. The molecule has 33 heavy (non-hydrogen) atoms. The van der Waals surface area contributed by atoms with E-state index in [2.05, 4.69) is 10.6 Å². The molecule has 0 unspecified atom stereocenters. The average Bonchev–Trinajstić information content (AvgIpc) is 2.78. The average molecular weight is 480 g/mol. The molecule has 0 saturated carbocycles. The summed E-state index contributed by atoms with van der Waals surface area (Å²) in [6.45, 7) is 1.87. The van der Waals surface area contributed by atoms with Crippen LogP contribution in [0.4, 0.5) is 8.78 Å². The van der Waals surface area contributed by atoms with Crippen LogP contribution in [0.15, 0.2) is 47.4 Å². The second-order valence-electron chi connectivity index (χ2n) is 7.99. The van der Waals surface area contributed by atoms with E-state index in [1.165, 1.54) is 34.6 Å². The maximum Gasteiger partial charge on any atom is 0.309 e. The van der Waals surface area contributed by atoms with Crippen molar-refractivity contribution in [2.45, 2.75) is 50.1 Å². The third kappa shape index (κ3) is 6.14. The number of piperidine rings is 1. The van der Waals surface area contributed by atoms with Gasteiger partial charge in [-0.15, -0.1) is 0 Å². The summed E-state index contributed by atoms with van der Waals surface area (Å²) < 4.78 is 54.9. The number of amides is 2. The van der Waals surface area contributed by atoms with Gasteiger partial charge in [-0.2, -0.15) is 4.31 Å². The first-order chi connectivity index (χ1) is 15.7. The highest BCUT2D eigenvalue weighted by molar-refractivity contribution is 7.89. The van der Waals surface area contributed by atoms with Gasteiger partial charge in [-0.25, -0.2) is 17.2 Å². The van der Waals surface area contributed by atoms with Crippen LogP contribution in [0, 0.1) is 18.6 Å². The van der Waals surface area contributed by atoms with Crippen molar-refractivity contribution >= 4 is 21.8 Å². The zero-order valence-electron chi connectivity index (χ0n) is 18.3. The number of rotatable bonds is 7. The first-order valence-electron chi connectivity index (χ1n) is 10.8. The predicted octanol–water partition coefficient (Wildman–Crippen LogP) is 2.64. The van der Waals surface area contributed by atoms with Crippen molar-refractivity contribution in [2.75, 3.05) is 13.1 Å². The Morgan fingerprint density at radius 2 is 1.79 bits per heavy atom. The Bertz CT molecular complexity index is 1120. The van der Waals surface area contributed by atoms with E-state index in [9.17, 15) is 26.8 Å². The summed E-state index contributed by atoms with van der Waals surface area (Å²) in [5.74, 6) is -2.75. The number of hydrogen-bond donors (Lipinski definition) is 2. The zero-order valence-corrected chi connectivity index (χ0v) is 19.1. The van der Waals surface area contributed by atoms with Crippen LogP contribution < -0.4 is 10.6 Å². The molecule has 2 aromatic rings. The molecule has 1 aliphatic rings. The van der Waals surface area contributed by atoms with Gasteiger partial charge in [0, 0.05) is 31.2 Å². The van der Waals surface area contributed by atoms with Crippen molar-refractivity contribution in [3.05, 3.63) is 65.2 Å². The normalized spacial score (nSPS) is 16.9. The van der Waals surface area contributed by atoms with Gasteiger partial charge in [0.2, 0.25) is 10.0 Å². The van der Waals surface area contributed by atoms with E-state index in [-0.39, 0.29) is 29.6 Å². The molecule has 1 aliphatic heterocycles. The molecule has 0 spiro atoms. The number of carbonyl (C=O) groups excluding carboxylic acids is 2. The molecule has 0 radical (unpaired) electrons. The Kier molecular flexibility index (Phi) is 8.15. The second-order valence-corrected chi connectivity index (χ2v) is 9.85. The Morgan fingerprint density at radius 1 is 1.06 bits per heavy atom. The Morgan fingerprint density at radius 3 is 2.52 bits per heavy atom. The monoisotopic (exact) mass is 479 g/mol. The van der Waals surface area contributed by atoms with E-state index in [1.807, 2.05) is 0 Å². The van der Waals surface area contributed by atoms with Gasteiger partial charge in [0.1, 0.15) is 11.6 Å². The molecule has 0 aromatic heterocycles. The molecule has 178 valence electrons. The fraction of sp³-hybridized carbons (Fsp3) is 0.391. The van der Waals surface area contributed by atoms with Gasteiger partial charge >= 0.3 is 11.8 Å². The molecular weight excluding hydrogens is 452 g/mol. The van der Waals surface area contributed by atoms with Gasteiger partial charge in [0.05, 0.1) is 4.90 Å². The van der Waals surface area contributed by atoms with Crippen LogP contribution in [0.5, 0.6) is 0 Å². The molecule has 0 bridgehead atoms. The second kappa shape index (κ2) is 10.8. The summed E-state index contributed by atoms with van der Waals surface area (Å²) in [7, 11) is -3.83. The number of hydrogen-bond acceptors (Lipinski definition) is 4. The largest absolute Gasteiger partial charge is 0.348 e. The molecule has 1 atom stereocenters. The lowest BCUT2D eigenvalue weighted by molar-refractivity contribution is -0.139. The fourth-order valence-corrected chi connectivity index (χ4v) is 5.87. The van der Waals surface area contributed by atoms with Gasteiger partial charge in [0.25, 0.3) is 0 Å². The summed E-state index contributed by atoms with van der Waals surface area (Å²) in [6.07, 6.45) is 2.50. The Labute approximate surface area is 192 Å². The number of benzene rings is 2. The summed E-state index contributed by atoms with van der Waals surface area (Å²) in [5, 5.41) is 4.86. The third-order valence-electron chi connectivity index (χ3n) is 5.66. The predicted molar refractivity (Wildman–Crippen MR) is 119 cm³/mol. The minimum absolute atomic E-state index is 0.0624. The number of nitrogens with zero attached hydrogens (tertiary/aromatic N) is 1. The molecule has 3 rings (SSSR count). The van der Waals surface area contributed by atoms with Crippen LogP contribution in [0.2, 0.25) is 0 Å². The maximum absolute atomic E-state index is 13.6. The summed E-state index contributed by atoms with van der Waals surface area (Å²) in [5.41, 5.74) is 0.594. The van der Waals surface area contributed by atoms with Crippen molar-refractivity contribution in [1.29, 1.82) is 0 Å². The number of nitrogens with one attached hydrogen (secondary N) is 2. The molecule has 2 aromatic carbocycles. The van der Waals surface area contributed by atoms with Gasteiger partial charge < -0.3 is 10.6 Å². The SMILES string of the molecule is Cc1cc(F)ccc1S(=O)(=O)N1CCCC[C@H]1CCNC(=O)C(=O)NCc1ccccc1F. The number of sulfonamides is 1. The molecule has 1 saturated heterocycles. The van der Waals surface area contributed by atoms with Crippen LogP contribution in [0.3, 0.4) is 0 Å². The number of carbonyl (C=O) groups is 2. The molecule has 10 heteroatoms. The van der Waals surface area contributed by atoms with Gasteiger partial charge in [-0.05, 0) is 56.0 Å². The van der Waals surface area contributed by atoms with Crippen LogP contribution >= 0.6 is 0 Å². The van der Waals surface area contributed by atoms with E-state index in [4.69, 9.17) is 0 Å². The van der Waals surface area contributed by atoms with Crippen molar-refractivity contribution in [3.8, 4) is 0 Å². The first-order valence-corrected chi connectivity index (χ1v) is 12.2. The maximum atomic E-state index is 13.6. The Balaban J connectivity index is 1.56. The molecule has 0 aliphatic carbocycles. The topological polar surface area (TPSA) is 95.6 Å². The molecule has 1 heterocycles. The highest BCUT2D eigenvalue weighted by Gasteiger charge is 2.34. The Hall–Kier alpha value is -2.85. The van der Waals surface area contributed by atoms with Crippen LogP contribution in [0.1, 0.15) is 36.8 Å². The number of halogens is 2. The minimum atomic E-state index is -3.83. The lowest BCUT2D eigenvalue weighted by atomic mass is 10.0. The molecular formula is C23H27F2N3O4S.